The lowest BCUT2D eigenvalue weighted by molar-refractivity contribution is -0.117. The highest BCUT2D eigenvalue weighted by Crippen LogP contribution is 2.18. The number of hydrogen-bond acceptors (Lipinski definition) is 2. The zero-order chi connectivity index (χ0) is 9.26. The van der Waals surface area contributed by atoms with Gasteiger partial charge in [0.15, 0.2) is 11.0 Å². The van der Waals surface area contributed by atoms with Crippen LogP contribution in [-0.2, 0) is 22.2 Å². The van der Waals surface area contributed by atoms with E-state index in [2.05, 4.69) is 9.63 Å². The molecule has 1 aliphatic heterocycles. The molecule has 0 N–H and O–H groups in total. The van der Waals surface area contributed by atoms with Gasteiger partial charge in [-0.2, -0.15) is 0 Å². The summed E-state index contributed by atoms with van der Waals surface area (Å²) >= 11 is 0. The quantitative estimate of drug-likeness (QED) is 0.624. The van der Waals surface area contributed by atoms with Crippen molar-refractivity contribution in [1.82, 2.24) is 0 Å². The van der Waals surface area contributed by atoms with Crippen LogP contribution in [0.4, 0.5) is 0 Å². The average molecular weight is 194 g/mol. The Balaban J connectivity index is 2.58. The number of nitrogens with zero attached hydrogens (tertiary/aromatic N) is 2. The van der Waals surface area contributed by atoms with Crippen LogP contribution in [0.1, 0.15) is 5.56 Å². The van der Waals surface area contributed by atoms with Gasteiger partial charge < -0.3 is 0 Å². The number of benzene rings is 1. The monoisotopic (exact) mass is 194 g/mol. The fourth-order valence-corrected chi connectivity index (χ4v) is 1.96. The molecule has 0 radical (unpaired) electrons. The van der Waals surface area contributed by atoms with Gasteiger partial charge in [0, 0.05) is 0 Å². The van der Waals surface area contributed by atoms with Crippen molar-refractivity contribution in [2.45, 2.75) is 11.3 Å². The van der Waals surface area contributed by atoms with E-state index in [1.807, 2.05) is 0 Å². The summed E-state index contributed by atoms with van der Waals surface area (Å²) in [6.07, 6.45) is 0.186. The van der Waals surface area contributed by atoms with Gasteiger partial charge in [-0.25, -0.2) is 4.21 Å². The minimum atomic E-state index is -1.52. The molecule has 1 unspecified atom stereocenters. The number of fused-ring (bicyclic) bond motifs is 1. The van der Waals surface area contributed by atoms with E-state index in [0.717, 1.165) is 5.56 Å². The van der Waals surface area contributed by atoms with Crippen molar-refractivity contribution >= 4 is 16.9 Å². The SMILES string of the molecule is O=C1Cc2ccccc2S(=O)N=N1. The van der Waals surface area contributed by atoms with Crippen molar-refractivity contribution in [3.8, 4) is 0 Å². The maximum atomic E-state index is 11.3. The molecule has 4 nitrogen and oxygen atoms in total. The molecule has 0 aliphatic carbocycles. The first-order valence-electron chi connectivity index (χ1n) is 3.72. The number of carbonyl (C=O) groups excluding carboxylic acids is 1. The molecule has 1 aromatic carbocycles. The van der Waals surface area contributed by atoms with Crippen LogP contribution >= 0.6 is 0 Å². The molecule has 0 saturated heterocycles. The Bertz CT molecular complexity index is 414. The van der Waals surface area contributed by atoms with E-state index >= 15 is 0 Å². The highest BCUT2D eigenvalue weighted by molar-refractivity contribution is 7.83. The Kier molecular flexibility index (Phi) is 2.02. The molecule has 0 aromatic heterocycles. The number of rotatable bonds is 0. The Labute approximate surface area is 77.3 Å². The third kappa shape index (κ3) is 1.55. The van der Waals surface area contributed by atoms with Crippen LogP contribution in [0.15, 0.2) is 38.8 Å². The van der Waals surface area contributed by atoms with Crippen molar-refractivity contribution in [3.05, 3.63) is 29.8 Å². The average Bonchev–Trinajstić information content (AvgIpc) is 2.27. The van der Waals surface area contributed by atoms with Crippen LogP contribution in [0.5, 0.6) is 0 Å². The van der Waals surface area contributed by atoms with E-state index in [9.17, 15) is 9.00 Å². The molecular weight excluding hydrogens is 188 g/mol. The molecule has 1 amide bonds. The second kappa shape index (κ2) is 3.18. The molecule has 5 heteroatoms. The first-order valence-corrected chi connectivity index (χ1v) is 4.82. The van der Waals surface area contributed by atoms with Gasteiger partial charge in [-0.3, -0.25) is 4.79 Å². The highest BCUT2D eigenvalue weighted by atomic mass is 32.2. The second-order valence-corrected chi connectivity index (χ2v) is 3.71. The smallest absolute Gasteiger partial charge is 0.269 e. The fourth-order valence-electron chi connectivity index (χ4n) is 1.15. The lowest BCUT2D eigenvalue weighted by atomic mass is 10.1. The summed E-state index contributed by atoms with van der Waals surface area (Å²) in [6.45, 7) is 0. The summed E-state index contributed by atoms with van der Waals surface area (Å²) in [5.74, 6) is -0.349. The number of carbonyl (C=O) groups is 1. The second-order valence-electron chi connectivity index (χ2n) is 2.61. The van der Waals surface area contributed by atoms with Crippen molar-refractivity contribution in [1.29, 1.82) is 0 Å². The largest absolute Gasteiger partial charge is 0.270 e. The summed E-state index contributed by atoms with van der Waals surface area (Å²) in [5.41, 5.74) is 0.746. The van der Waals surface area contributed by atoms with Crippen LogP contribution in [0.3, 0.4) is 0 Å². The summed E-state index contributed by atoms with van der Waals surface area (Å²) in [7, 11) is -1.52. The van der Waals surface area contributed by atoms with Crippen LogP contribution in [0.25, 0.3) is 0 Å². The molecule has 1 heterocycles. The molecular formula is C8H6N2O2S. The maximum Gasteiger partial charge on any atom is 0.269 e. The summed E-state index contributed by atoms with van der Waals surface area (Å²) in [4.78, 5) is 11.6. The molecule has 66 valence electrons. The van der Waals surface area contributed by atoms with Crippen molar-refractivity contribution in [2.75, 3.05) is 0 Å². The Morgan fingerprint density at radius 3 is 2.92 bits per heavy atom. The molecule has 1 aromatic rings. The Hall–Kier alpha value is -1.36. The zero-order valence-corrected chi connectivity index (χ0v) is 7.45. The van der Waals surface area contributed by atoms with Gasteiger partial charge in [0.25, 0.3) is 5.91 Å². The summed E-state index contributed by atoms with van der Waals surface area (Å²) in [5, 5.41) is 3.31. The van der Waals surface area contributed by atoms with Crippen molar-refractivity contribution in [3.63, 3.8) is 0 Å². The maximum absolute atomic E-state index is 11.3. The Morgan fingerprint density at radius 2 is 2.08 bits per heavy atom. The predicted molar refractivity (Wildman–Crippen MR) is 46.4 cm³/mol. The minimum absolute atomic E-state index is 0.186. The fraction of sp³-hybridized carbons (Fsp3) is 0.125. The first-order chi connectivity index (χ1) is 6.27. The van der Waals surface area contributed by atoms with Gasteiger partial charge >= 0.3 is 0 Å². The van der Waals surface area contributed by atoms with Crippen LogP contribution in [0, 0.1) is 0 Å². The van der Waals surface area contributed by atoms with E-state index in [-0.39, 0.29) is 12.3 Å². The Morgan fingerprint density at radius 1 is 1.31 bits per heavy atom. The molecule has 1 atom stereocenters. The lowest BCUT2D eigenvalue weighted by Crippen LogP contribution is -1.98. The van der Waals surface area contributed by atoms with E-state index in [0.29, 0.717) is 4.90 Å². The molecule has 0 saturated carbocycles. The summed E-state index contributed by atoms with van der Waals surface area (Å²) < 4.78 is 14.7. The van der Waals surface area contributed by atoms with E-state index in [1.165, 1.54) is 0 Å². The first kappa shape index (κ1) is 8.25. The molecule has 13 heavy (non-hydrogen) atoms. The van der Waals surface area contributed by atoms with Gasteiger partial charge in [0.1, 0.15) is 0 Å². The highest BCUT2D eigenvalue weighted by Gasteiger charge is 2.15. The molecule has 2 rings (SSSR count). The van der Waals surface area contributed by atoms with E-state index < -0.39 is 11.0 Å². The summed E-state index contributed by atoms with van der Waals surface area (Å²) in [6, 6.07) is 7.03. The standard InChI is InChI=1S/C8H6N2O2S/c11-8-5-6-3-1-2-4-7(6)13(12)10-9-8/h1-4H,5H2. The third-order valence-corrected chi connectivity index (χ3v) is 2.73. The van der Waals surface area contributed by atoms with Gasteiger partial charge in [-0.15, -0.1) is 5.11 Å². The predicted octanol–water partition coefficient (Wildman–Crippen LogP) is 1.24. The van der Waals surface area contributed by atoms with Gasteiger partial charge in [0.05, 0.1) is 11.3 Å². The van der Waals surface area contributed by atoms with Crippen LogP contribution in [-0.4, -0.2) is 10.1 Å². The normalized spacial score (nSPS) is 20.9. The molecule has 0 bridgehead atoms. The number of hydrogen-bond donors (Lipinski definition) is 0. The van der Waals surface area contributed by atoms with Crippen LogP contribution in [0.2, 0.25) is 0 Å². The van der Waals surface area contributed by atoms with Crippen molar-refractivity contribution < 1.29 is 9.00 Å². The minimum Gasteiger partial charge on any atom is -0.270 e. The molecule has 0 spiro atoms. The third-order valence-electron chi connectivity index (χ3n) is 1.73. The van der Waals surface area contributed by atoms with Gasteiger partial charge in [0.2, 0.25) is 0 Å². The van der Waals surface area contributed by atoms with Gasteiger partial charge in [-0.05, 0) is 11.6 Å². The van der Waals surface area contributed by atoms with Gasteiger partial charge in [-0.1, -0.05) is 22.7 Å². The van der Waals surface area contributed by atoms with E-state index in [4.69, 9.17) is 0 Å². The molecule has 0 fully saturated rings. The topological polar surface area (TPSA) is 58.9 Å². The number of amides is 1. The molecule has 1 aliphatic rings. The zero-order valence-electron chi connectivity index (χ0n) is 6.64. The van der Waals surface area contributed by atoms with Crippen molar-refractivity contribution in [2.24, 2.45) is 9.63 Å². The lowest BCUT2D eigenvalue weighted by Gasteiger charge is -1.99. The van der Waals surface area contributed by atoms with Crippen LogP contribution < -0.4 is 0 Å². The van der Waals surface area contributed by atoms with E-state index in [1.54, 1.807) is 24.3 Å².